The zero-order valence-corrected chi connectivity index (χ0v) is 20.4. The van der Waals surface area contributed by atoms with Gasteiger partial charge in [0, 0.05) is 54.9 Å². The Kier molecular flexibility index (Phi) is 6.99. The highest BCUT2D eigenvalue weighted by Gasteiger charge is 2.26. The number of nitrogens with zero attached hydrogens (tertiary/aromatic N) is 3. The molecule has 35 heavy (non-hydrogen) atoms. The average Bonchev–Trinajstić information content (AvgIpc) is 3.35. The lowest BCUT2D eigenvalue weighted by Gasteiger charge is -2.36. The quantitative estimate of drug-likeness (QED) is 0.507. The number of thiophene rings is 1. The molecule has 1 amide bonds. The molecule has 1 fully saturated rings. The topological polar surface area (TPSA) is 79.1 Å². The van der Waals surface area contributed by atoms with Crippen molar-refractivity contribution < 1.29 is 18.7 Å². The molecule has 7 nitrogen and oxygen atoms in total. The van der Waals surface area contributed by atoms with Crippen molar-refractivity contribution in [2.24, 2.45) is 5.73 Å². The van der Waals surface area contributed by atoms with Crippen molar-refractivity contribution in [2.75, 3.05) is 55.8 Å². The van der Waals surface area contributed by atoms with Crippen LogP contribution in [0.25, 0.3) is 10.1 Å². The van der Waals surface area contributed by atoms with Crippen molar-refractivity contribution in [1.29, 1.82) is 0 Å². The van der Waals surface area contributed by atoms with E-state index in [2.05, 4.69) is 28.0 Å². The number of halogens is 1. The number of carbonyl (C=O) groups is 2. The van der Waals surface area contributed by atoms with Gasteiger partial charge in [-0.05, 0) is 53.6 Å². The van der Waals surface area contributed by atoms with Gasteiger partial charge in [0.25, 0.3) is 0 Å². The van der Waals surface area contributed by atoms with Crippen LogP contribution in [0.4, 0.5) is 15.8 Å². The second-order valence-corrected chi connectivity index (χ2v) is 9.92. The van der Waals surface area contributed by atoms with E-state index in [9.17, 15) is 14.0 Å². The largest absolute Gasteiger partial charge is 0.443 e. The van der Waals surface area contributed by atoms with Crippen LogP contribution in [0.1, 0.15) is 17.5 Å². The molecule has 1 saturated heterocycles. The monoisotopic (exact) mass is 496 g/mol. The molecule has 184 valence electrons. The first kappa shape index (κ1) is 23.7. The minimum absolute atomic E-state index is 0.0485. The Bertz CT molecular complexity index is 1240. The van der Waals surface area contributed by atoms with Gasteiger partial charge in [0.15, 0.2) is 6.73 Å². The van der Waals surface area contributed by atoms with E-state index in [4.69, 9.17) is 10.5 Å². The van der Waals surface area contributed by atoms with Gasteiger partial charge in [-0.3, -0.25) is 19.4 Å². The maximum atomic E-state index is 14.1. The smallest absolute Gasteiger partial charge is 0.321 e. The molecule has 3 heterocycles. The highest BCUT2D eigenvalue weighted by molar-refractivity contribution is 7.17. The zero-order chi connectivity index (χ0) is 24.4. The maximum absolute atomic E-state index is 14.1. The SMILES string of the molecule is NCC(=O)OCN1C(=O)CCc2ccc(CCN3CCN(c4cc(F)cc5sccc45)CC3)cc21. The molecule has 1 aromatic heterocycles. The molecule has 0 radical (unpaired) electrons. The molecule has 0 saturated carbocycles. The van der Waals surface area contributed by atoms with Crippen LogP contribution in [0.2, 0.25) is 0 Å². The lowest BCUT2D eigenvalue weighted by molar-refractivity contribution is -0.142. The van der Waals surface area contributed by atoms with Crippen LogP contribution in [-0.2, 0) is 27.2 Å². The Balaban J connectivity index is 1.20. The Morgan fingerprint density at radius 1 is 1.06 bits per heavy atom. The molecule has 2 aliphatic rings. The van der Waals surface area contributed by atoms with Crippen molar-refractivity contribution in [2.45, 2.75) is 19.3 Å². The summed E-state index contributed by atoms with van der Waals surface area (Å²) in [7, 11) is 0. The summed E-state index contributed by atoms with van der Waals surface area (Å²) in [5.41, 5.74) is 9.34. The van der Waals surface area contributed by atoms with Gasteiger partial charge in [-0.15, -0.1) is 11.3 Å². The highest BCUT2D eigenvalue weighted by atomic mass is 32.1. The number of piperazine rings is 1. The second-order valence-electron chi connectivity index (χ2n) is 8.97. The molecule has 0 aliphatic carbocycles. The Morgan fingerprint density at radius 3 is 2.69 bits per heavy atom. The first-order valence-electron chi connectivity index (χ1n) is 11.9. The van der Waals surface area contributed by atoms with Crippen molar-refractivity contribution in [3.8, 4) is 0 Å². The molecule has 2 aliphatic heterocycles. The van der Waals surface area contributed by atoms with Gasteiger partial charge < -0.3 is 15.4 Å². The van der Waals surface area contributed by atoms with E-state index in [1.165, 1.54) is 0 Å². The molecular weight excluding hydrogens is 467 g/mol. The third kappa shape index (κ3) is 5.17. The number of rotatable bonds is 7. The zero-order valence-electron chi connectivity index (χ0n) is 19.5. The third-order valence-corrected chi connectivity index (χ3v) is 7.68. The first-order valence-corrected chi connectivity index (χ1v) is 12.8. The molecule has 0 spiro atoms. The van der Waals surface area contributed by atoms with Crippen molar-refractivity contribution in [3.63, 3.8) is 0 Å². The van der Waals surface area contributed by atoms with Gasteiger partial charge in [0.05, 0.1) is 12.2 Å². The van der Waals surface area contributed by atoms with Crippen LogP contribution in [0.15, 0.2) is 41.8 Å². The van der Waals surface area contributed by atoms with Crippen molar-refractivity contribution >= 4 is 44.7 Å². The summed E-state index contributed by atoms with van der Waals surface area (Å²) in [6, 6.07) is 11.6. The molecule has 2 aromatic carbocycles. The molecular formula is C26H29FN4O3S. The summed E-state index contributed by atoms with van der Waals surface area (Å²) in [5.74, 6) is -0.763. The van der Waals surface area contributed by atoms with E-state index in [-0.39, 0.29) is 25.0 Å². The van der Waals surface area contributed by atoms with E-state index >= 15 is 0 Å². The Morgan fingerprint density at radius 2 is 1.89 bits per heavy atom. The fraction of sp³-hybridized carbons (Fsp3) is 0.385. The van der Waals surface area contributed by atoms with E-state index in [0.717, 1.165) is 71.7 Å². The minimum atomic E-state index is -0.529. The van der Waals surface area contributed by atoms with Gasteiger partial charge in [-0.25, -0.2) is 4.39 Å². The van der Waals surface area contributed by atoms with Crippen molar-refractivity contribution in [3.05, 3.63) is 58.7 Å². The number of aryl methyl sites for hydroxylation is 1. The predicted molar refractivity (Wildman–Crippen MR) is 136 cm³/mol. The van der Waals surface area contributed by atoms with Crippen LogP contribution in [0.3, 0.4) is 0 Å². The number of ether oxygens (including phenoxy) is 1. The Labute approximate surface area is 207 Å². The normalized spacial score (nSPS) is 16.6. The lowest BCUT2D eigenvalue weighted by atomic mass is 9.98. The summed E-state index contributed by atoms with van der Waals surface area (Å²) in [6.07, 6.45) is 1.95. The molecule has 0 atom stereocenters. The highest BCUT2D eigenvalue weighted by Crippen LogP contribution is 2.33. The predicted octanol–water partition coefficient (Wildman–Crippen LogP) is 3.14. The number of hydrogen-bond acceptors (Lipinski definition) is 7. The van der Waals surface area contributed by atoms with Gasteiger partial charge in [0.2, 0.25) is 5.91 Å². The number of esters is 1. The number of benzene rings is 2. The first-order chi connectivity index (χ1) is 17.0. The number of nitrogens with two attached hydrogens (primary N) is 1. The number of amides is 1. The summed E-state index contributed by atoms with van der Waals surface area (Å²) in [4.78, 5) is 30.2. The van der Waals surface area contributed by atoms with Crippen LogP contribution in [0, 0.1) is 5.82 Å². The fourth-order valence-corrected chi connectivity index (χ4v) is 5.69. The van der Waals surface area contributed by atoms with Gasteiger partial charge in [0.1, 0.15) is 5.82 Å². The average molecular weight is 497 g/mol. The van der Waals surface area contributed by atoms with Gasteiger partial charge in [-0.1, -0.05) is 12.1 Å². The van der Waals surface area contributed by atoms with E-state index < -0.39 is 5.97 Å². The molecule has 0 bridgehead atoms. The van der Waals surface area contributed by atoms with E-state index in [0.29, 0.717) is 12.8 Å². The van der Waals surface area contributed by atoms with Gasteiger partial charge in [-0.2, -0.15) is 0 Å². The van der Waals surface area contributed by atoms with E-state index in [1.54, 1.807) is 28.4 Å². The second kappa shape index (κ2) is 10.3. The van der Waals surface area contributed by atoms with Gasteiger partial charge >= 0.3 is 5.97 Å². The van der Waals surface area contributed by atoms with Crippen LogP contribution in [0.5, 0.6) is 0 Å². The number of hydrogen-bond donors (Lipinski definition) is 1. The molecule has 5 rings (SSSR count). The standard InChI is InChI=1S/C26H29FN4O3S/c27-20-14-23(21-6-12-35-24(21)15-20)30-10-8-29(9-11-30)7-5-18-1-2-19-3-4-25(32)31(22(19)13-18)17-34-26(33)16-28/h1-2,6,12-15H,3-5,7-11,16-17,28H2. The number of carbonyl (C=O) groups excluding carboxylic acids is 2. The molecule has 0 unspecified atom stereocenters. The summed E-state index contributed by atoms with van der Waals surface area (Å²) in [5, 5.41) is 3.13. The van der Waals surface area contributed by atoms with E-state index in [1.807, 2.05) is 11.4 Å². The number of anilines is 2. The maximum Gasteiger partial charge on any atom is 0.321 e. The molecule has 3 aromatic rings. The lowest BCUT2D eigenvalue weighted by Crippen LogP contribution is -2.47. The molecule has 9 heteroatoms. The fourth-order valence-electron chi connectivity index (χ4n) is 4.86. The van der Waals surface area contributed by atoms with Crippen molar-refractivity contribution in [1.82, 2.24) is 4.90 Å². The summed E-state index contributed by atoms with van der Waals surface area (Å²) in [6.45, 7) is 4.12. The third-order valence-electron chi connectivity index (χ3n) is 6.82. The molecule has 2 N–H and O–H groups in total. The Hall–Kier alpha value is -3.01. The van der Waals surface area contributed by atoms with Crippen LogP contribution < -0.4 is 15.5 Å². The van der Waals surface area contributed by atoms with Crippen LogP contribution >= 0.6 is 11.3 Å². The number of fused-ring (bicyclic) bond motifs is 2. The van der Waals surface area contributed by atoms with Crippen LogP contribution in [-0.4, -0.2) is 62.8 Å². The summed E-state index contributed by atoms with van der Waals surface area (Å²) >= 11 is 1.57. The summed E-state index contributed by atoms with van der Waals surface area (Å²) < 4.78 is 20.2. The minimum Gasteiger partial charge on any atom is -0.443 e.